The molecule has 4 nitrogen and oxygen atoms in total. The highest BCUT2D eigenvalue weighted by Crippen LogP contribution is 2.31. The number of aromatic hydroxyl groups is 1. The fourth-order valence-corrected chi connectivity index (χ4v) is 2.66. The van der Waals surface area contributed by atoms with Gasteiger partial charge in [0.1, 0.15) is 5.75 Å². The van der Waals surface area contributed by atoms with Gasteiger partial charge in [-0.05, 0) is 33.6 Å². The van der Waals surface area contributed by atoms with E-state index in [1.54, 1.807) is 6.07 Å². The maximum atomic E-state index is 9.53. The zero-order valence-corrected chi connectivity index (χ0v) is 14.1. The summed E-state index contributed by atoms with van der Waals surface area (Å²) in [5, 5.41) is 21.8. The van der Waals surface area contributed by atoms with Crippen molar-refractivity contribution < 1.29 is 5.11 Å². The molecule has 2 N–H and O–H groups in total. The first-order valence-corrected chi connectivity index (χ1v) is 6.82. The Morgan fingerprint density at radius 3 is 2.55 bits per heavy atom. The summed E-state index contributed by atoms with van der Waals surface area (Å²) in [4.78, 5) is 2.32. The minimum absolute atomic E-state index is 0. The predicted molar refractivity (Wildman–Crippen MR) is 87.7 cm³/mol. The fraction of sp³-hybridized carbons (Fsp3) is 0.462. The number of nitrogens with one attached hydrogen (secondary N) is 1. The highest BCUT2D eigenvalue weighted by atomic mass is 79.9. The Morgan fingerprint density at radius 1 is 1.35 bits per heavy atom. The van der Waals surface area contributed by atoms with Crippen LogP contribution >= 0.6 is 40.7 Å². The number of hydrogen-bond acceptors (Lipinski definition) is 4. The molecule has 20 heavy (non-hydrogen) atoms. The number of piperazine rings is 1. The highest BCUT2D eigenvalue weighted by Gasteiger charge is 2.22. The third-order valence-corrected chi connectivity index (χ3v) is 3.87. The van der Waals surface area contributed by atoms with E-state index in [1.807, 2.05) is 12.1 Å². The summed E-state index contributed by atoms with van der Waals surface area (Å²) in [5.41, 5.74) is 1.07. The maximum Gasteiger partial charge on any atom is 0.129 e. The zero-order valence-electron chi connectivity index (χ0n) is 10.9. The molecule has 0 aliphatic carbocycles. The lowest BCUT2D eigenvalue weighted by Gasteiger charge is -2.34. The Bertz CT molecular complexity index is 461. The minimum atomic E-state index is 0. The van der Waals surface area contributed by atoms with Gasteiger partial charge in [-0.25, -0.2) is 0 Å². The van der Waals surface area contributed by atoms with Crippen molar-refractivity contribution in [2.45, 2.75) is 12.5 Å². The lowest BCUT2D eigenvalue weighted by atomic mass is 10.0. The number of benzene rings is 1. The molecule has 7 heteroatoms. The lowest BCUT2D eigenvalue weighted by molar-refractivity contribution is 0.175. The van der Waals surface area contributed by atoms with Gasteiger partial charge >= 0.3 is 0 Å². The van der Waals surface area contributed by atoms with E-state index in [9.17, 15) is 5.11 Å². The smallest absolute Gasteiger partial charge is 0.129 e. The molecular formula is C13H18BrCl2N3O. The van der Waals surface area contributed by atoms with Crippen LogP contribution in [0.3, 0.4) is 0 Å². The third kappa shape index (κ3) is 4.80. The van der Waals surface area contributed by atoms with Crippen molar-refractivity contribution >= 4 is 40.7 Å². The first-order valence-electron chi connectivity index (χ1n) is 6.02. The van der Waals surface area contributed by atoms with E-state index in [0.29, 0.717) is 10.9 Å². The second-order valence-electron chi connectivity index (χ2n) is 4.37. The topological polar surface area (TPSA) is 59.3 Å². The van der Waals surface area contributed by atoms with Gasteiger partial charge in [-0.2, -0.15) is 5.26 Å². The minimum Gasteiger partial charge on any atom is -0.507 e. The largest absolute Gasteiger partial charge is 0.507 e. The van der Waals surface area contributed by atoms with Crippen LogP contribution in [0.15, 0.2) is 22.7 Å². The molecule has 0 aromatic heterocycles. The Morgan fingerprint density at radius 2 is 2.00 bits per heavy atom. The van der Waals surface area contributed by atoms with Gasteiger partial charge in [-0.15, -0.1) is 24.8 Å². The lowest BCUT2D eigenvalue weighted by Crippen LogP contribution is -2.45. The van der Waals surface area contributed by atoms with Crippen LogP contribution in [-0.2, 0) is 0 Å². The summed E-state index contributed by atoms with van der Waals surface area (Å²) in [6.07, 6.45) is 0.469. The SMILES string of the molecule is Cl.Cl.N#CC[C@@H](c1ccc(O)c(Br)c1)N1CCNCC1. The van der Waals surface area contributed by atoms with Gasteiger partial charge in [0.25, 0.3) is 0 Å². The van der Waals surface area contributed by atoms with Crippen LogP contribution < -0.4 is 5.32 Å². The number of rotatable bonds is 3. The van der Waals surface area contributed by atoms with Crippen LogP contribution in [0, 0.1) is 11.3 Å². The van der Waals surface area contributed by atoms with Crippen molar-refractivity contribution in [1.82, 2.24) is 10.2 Å². The molecule has 1 atom stereocenters. The monoisotopic (exact) mass is 381 g/mol. The molecule has 0 bridgehead atoms. The molecule has 1 fully saturated rings. The number of halogens is 3. The number of phenolic OH excluding ortho intramolecular Hbond substituents is 1. The first-order chi connectivity index (χ1) is 8.72. The fourth-order valence-electron chi connectivity index (χ4n) is 2.27. The van der Waals surface area contributed by atoms with E-state index in [-0.39, 0.29) is 36.6 Å². The Labute approximate surface area is 140 Å². The van der Waals surface area contributed by atoms with Gasteiger partial charge in [-0.1, -0.05) is 6.07 Å². The molecule has 0 unspecified atom stereocenters. The van der Waals surface area contributed by atoms with E-state index in [0.717, 1.165) is 31.7 Å². The van der Waals surface area contributed by atoms with Crippen molar-refractivity contribution in [3.63, 3.8) is 0 Å². The van der Waals surface area contributed by atoms with Crippen LogP contribution in [-0.4, -0.2) is 36.2 Å². The summed E-state index contributed by atoms with van der Waals surface area (Å²) in [5.74, 6) is 0.231. The average Bonchev–Trinajstić information content (AvgIpc) is 2.40. The van der Waals surface area contributed by atoms with Crippen LogP contribution in [0.25, 0.3) is 0 Å². The van der Waals surface area contributed by atoms with E-state index in [4.69, 9.17) is 5.26 Å². The third-order valence-electron chi connectivity index (χ3n) is 3.23. The second kappa shape index (κ2) is 9.43. The molecule has 112 valence electrons. The first kappa shape index (κ1) is 19.5. The van der Waals surface area contributed by atoms with Crippen molar-refractivity contribution in [2.24, 2.45) is 0 Å². The molecule has 1 aromatic rings. The van der Waals surface area contributed by atoms with Crippen LogP contribution in [0.1, 0.15) is 18.0 Å². The van der Waals surface area contributed by atoms with Crippen molar-refractivity contribution in [2.75, 3.05) is 26.2 Å². The molecule has 1 aromatic carbocycles. The molecule has 1 saturated heterocycles. The Kier molecular flexibility index (Phi) is 9.19. The van der Waals surface area contributed by atoms with Crippen LogP contribution in [0.4, 0.5) is 0 Å². The summed E-state index contributed by atoms with van der Waals surface area (Å²) in [7, 11) is 0. The summed E-state index contributed by atoms with van der Waals surface area (Å²) in [6.45, 7) is 3.82. The quantitative estimate of drug-likeness (QED) is 0.843. The maximum absolute atomic E-state index is 9.53. The van der Waals surface area contributed by atoms with Crippen molar-refractivity contribution in [3.8, 4) is 11.8 Å². The summed E-state index contributed by atoms with van der Waals surface area (Å²) in [6, 6.07) is 7.83. The van der Waals surface area contributed by atoms with Crippen molar-refractivity contribution in [3.05, 3.63) is 28.2 Å². The normalized spacial score (nSPS) is 16.4. The molecule has 1 aliphatic heterocycles. The van der Waals surface area contributed by atoms with E-state index >= 15 is 0 Å². The van der Waals surface area contributed by atoms with Gasteiger partial charge in [0.15, 0.2) is 0 Å². The van der Waals surface area contributed by atoms with Crippen LogP contribution in [0.5, 0.6) is 5.75 Å². The van der Waals surface area contributed by atoms with Gasteiger partial charge in [0.2, 0.25) is 0 Å². The van der Waals surface area contributed by atoms with Crippen molar-refractivity contribution in [1.29, 1.82) is 5.26 Å². The number of phenols is 1. The molecule has 1 aliphatic rings. The molecule has 0 amide bonds. The van der Waals surface area contributed by atoms with Gasteiger partial charge in [0.05, 0.1) is 17.0 Å². The number of nitriles is 1. The Balaban J connectivity index is 0.00000180. The summed E-state index contributed by atoms with van der Waals surface area (Å²) >= 11 is 3.33. The molecular weight excluding hydrogens is 365 g/mol. The number of nitrogens with zero attached hydrogens (tertiary/aromatic N) is 2. The molecule has 0 spiro atoms. The molecule has 0 radical (unpaired) electrons. The van der Waals surface area contributed by atoms with Gasteiger partial charge in [-0.3, -0.25) is 4.90 Å². The van der Waals surface area contributed by atoms with Crippen LogP contribution in [0.2, 0.25) is 0 Å². The highest BCUT2D eigenvalue weighted by molar-refractivity contribution is 9.10. The molecule has 0 saturated carbocycles. The second-order valence-corrected chi connectivity index (χ2v) is 5.23. The van der Waals surface area contributed by atoms with Gasteiger partial charge < -0.3 is 10.4 Å². The average molecular weight is 383 g/mol. The summed E-state index contributed by atoms with van der Waals surface area (Å²) < 4.78 is 0.679. The zero-order chi connectivity index (χ0) is 13.0. The molecule has 1 heterocycles. The Hall–Kier alpha value is -0.510. The van der Waals surface area contributed by atoms with Gasteiger partial charge in [0, 0.05) is 32.2 Å². The molecule has 2 rings (SSSR count). The van der Waals surface area contributed by atoms with E-state index in [1.165, 1.54) is 0 Å². The standard InChI is InChI=1S/C13H16BrN3O.2ClH/c14-11-9-10(1-2-13(11)18)12(3-4-15)17-7-5-16-6-8-17;;/h1-2,9,12,16,18H,3,5-8H2;2*1H/t12-;;/m0../s1. The van der Waals surface area contributed by atoms with E-state index in [2.05, 4.69) is 32.2 Å². The number of hydrogen-bond donors (Lipinski definition) is 2. The predicted octanol–water partition coefficient (Wildman–Crippen LogP) is 2.86. The van der Waals surface area contributed by atoms with E-state index < -0.39 is 0 Å².